The number of hydrogen-bond acceptors (Lipinski definition) is 7. The van der Waals surface area contributed by atoms with Crippen molar-refractivity contribution in [3.63, 3.8) is 0 Å². The van der Waals surface area contributed by atoms with Gasteiger partial charge in [0.25, 0.3) is 0 Å². The molecule has 39 heavy (non-hydrogen) atoms. The number of rotatable bonds is 9. The topological polar surface area (TPSA) is 102 Å². The van der Waals surface area contributed by atoms with Gasteiger partial charge in [0, 0.05) is 36.2 Å². The molecule has 0 fully saturated rings. The summed E-state index contributed by atoms with van der Waals surface area (Å²) in [4.78, 5) is 38.9. The van der Waals surface area contributed by atoms with Gasteiger partial charge in [0.15, 0.2) is 16.6 Å². The lowest BCUT2D eigenvalue weighted by Crippen LogP contribution is -2.39. The van der Waals surface area contributed by atoms with E-state index >= 15 is 0 Å². The molecular formula is C24H23BrCl4N6O3S. The van der Waals surface area contributed by atoms with Crippen LogP contribution in [0.5, 0.6) is 5.75 Å². The Kier molecular flexibility index (Phi) is 12.6. The first-order chi connectivity index (χ1) is 17.8. The van der Waals surface area contributed by atoms with Crippen LogP contribution in [0.25, 0.3) is 5.65 Å². The number of benzene rings is 1. The summed E-state index contributed by atoms with van der Waals surface area (Å²) in [5.74, 6) is -0.0259. The zero-order valence-corrected chi connectivity index (χ0v) is 26.1. The van der Waals surface area contributed by atoms with Crippen LogP contribution in [-0.4, -0.2) is 50.5 Å². The van der Waals surface area contributed by atoms with Crippen molar-refractivity contribution in [2.75, 3.05) is 24.2 Å². The van der Waals surface area contributed by atoms with E-state index < -0.39 is 0 Å². The van der Waals surface area contributed by atoms with Crippen LogP contribution in [0, 0.1) is 6.92 Å². The Bertz CT molecular complexity index is 1460. The highest BCUT2D eigenvalue weighted by Gasteiger charge is 2.20. The predicted octanol–water partition coefficient (Wildman–Crippen LogP) is 5.80. The number of fused-ring (bicyclic) bond motifs is 1. The summed E-state index contributed by atoms with van der Waals surface area (Å²) in [6, 6.07) is 8.64. The van der Waals surface area contributed by atoms with E-state index in [1.807, 2.05) is 23.6 Å². The molecule has 9 nitrogen and oxygen atoms in total. The maximum absolute atomic E-state index is 12.8. The van der Waals surface area contributed by atoms with Crippen LogP contribution in [0.3, 0.4) is 0 Å². The van der Waals surface area contributed by atoms with Crippen LogP contribution in [0.2, 0.25) is 10.0 Å². The van der Waals surface area contributed by atoms with Crippen LogP contribution in [0.4, 0.5) is 5.69 Å². The van der Waals surface area contributed by atoms with Gasteiger partial charge in [-0.25, -0.2) is 15.0 Å². The van der Waals surface area contributed by atoms with Crippen LogP contribution in [-0.2, 0) is 16.2 Å². The van der Waals surface area contributed by atoms with Gasteiger partial charge in [-0.05, 0) is 53.2 Å². The normalized spacial score (nSPS) is 10.4. The summed E-state index contributed by atoms with van der Waals surface area (Å²) in [6.07, 6.45) is 5.07. The van der Waals surface area contributed by atoms with E-state index in [-0.39, 0.29) is 60.6 Å². The third-order valence-corrected chi connectivity index (χ3v) is 7.91. The molecule has 0 aliphatic carbocycles. The van der Waals surface area contributed by atoms with E-state index in [0.29, 0.717) is 32.8 Å². The van der Waals surface area contributed by atoms with Crippen molar-refractivity contribution in [1.29, 1.82) is 0 Å². The first-order valence-electron chi connectivity index (χ1n) is 10.9. The number of hydrogen-bond donors (Lipinski definition) is 1. The molecule has 1 N–H and O–H groups in total. The molecule has 0 aliphatic heterocycles. The number of imidazole rings is 1. The highest BCUT2D eigenvalue weighted by atomic mass is 79.9. The van der Waals surface area contributed by atoms with Gasteiger partial charge in [-0.15, -0.1) is 24.8 Å². The third kappa shape index (κ3) is 7.90. The molecule has 0 atom stereocenters. The Morgan fingerprint density at radius 1 is 1.15 bits per heavy atom. The maximum atomic E-state index is 12.8. The van der Waals surface area contributed by atoms with E-state index in [1.165, 1.54) is 16.7 Å². The fraction of sp³-hybridized carbons (Fsp3) is 0.208. The molecule has 3 aromatic heterocycles. The second-order valence-corrected chi connectivity index (χ2v) is 10.2. The van der Waals surface area contributed by atoms with E-state index in [1.54, 1.807) is 43.7 Å². The molecule has 4 rings (SSSR count). The summed E-state index contributed by atoms with van der Waals surface area (Å²) >= 11 is 17.8. The molecule has 208 valence electrons. The van der Waals surface area contributed by atoms with Gasteiger partial charge in [-0.1, -0.05) is 35.0 Å². The minimum atomic E-state index is -0.354. The maximum Gasteiger partial charge on any atom is 0.246 e. The van der Waals surface area contributed by atoms with Gasteiger partial charge >= 0.3 is 0 Å². The predicted molar refractivity (Wildman–Crippen MR) is 162 cm³/mol. The number of likely N-dealkylation sites (N-methyl/N-ethyl adjacent to an activating group) is 1. The van der Waals surface area contributed by atoms with Gasteiger partial charge < -0.3 is 15.0 Å². The molecule has 0 aliphatic rings. The SMILES string of the molecule is Cc1nc2c(OCc3c(Cl)ccc(N(C)C(=O)CNC(=O)CSc4ncccn4)c3Cl)cccn2c1Br.Cl.Cl. The smallest absolute Gasteiger partial charge is 0.246 e. The molecule has 0 spiro atoms. The summed E-state index contributed by atoms with van der Waals surface area (Å²) in [5.41, 5.74) is 2.44. The van der Waals surface area contributed by atoms with E-state index in [0.717, 1.165) is 10.3 Å². The molecule has 3 heterocycles. The molecule has 0 bridgehead atoms. The van der Waals surface area contributed by atoms with Crippen molar-refractivity contribution in [3.8, 4) is 5.75 Å². The van der Waals surface area contributed by atoms with Gasteiger partial charge in [0.1, 0.15) is 11.2 Å². The molecule has 1 aromatic carbocycles. The van der Waals surface area contributed by atoms with Crippen molar-refractivity contribution in [1.82, 2.24) is 24.7 Å². The van der Waals surface area contributed by atoms with Crippen LogP contribution in [0.15, 0.2) is 58.7 Å². The highest BCUT2D eigenvalue weighted by molar-refractivity contribution is 9.10. The highest BCUT2D eigenvalue weighted by Crippen LogP contribution is 2.35. The standard InChI is InChI=1S/C24H21BrCl2N6O3S.2ClH/c1-14-22(25)33-10-3-5-18(23(33)31-14)36-12-15-16(26)6-7-17(21(15)27)32(2)20(35)11-30-19(34)13-37-24-28-8-4-9-29-24;;/h3-10H,11-13H2,1-2H3,(H,30,34);2*1H. The summed E-state index contributed by atoms with van der Waals surface area (Å²) < 4.78 is 8.74. The molecule has 0 saturated heterocycles. The lowest BCUT2D eigenvalue weighted by atomic mass is 10.2. The van der Waals surface area contributed by atoms with E-state index in [4.69, 9.17) is 27.9 Å². The van der Waals surface area contributed by atoms with Gasteiger partial charge in [-0.3, -0.25) is 14.0 Å². The number of amides is 2. The Morgan fingerprint density at radius 3 is 2.59 bits per heavy atom. The molecular weight excluding hydrogens is 674 g/mol. The van der Waals surface area contributed by atoms with Crippen molar-refractivity contribution in [2.45, 2.75) is 18.7 Å². The Morgan fingerprint density at radius 2 is 1.87 bits per heavy atom. The van der Waals surface area contributed by atoms with Crippen LogP contribution >= 0.6 is 75.7 Å². The second-order valence-electron chi connectivity index (χ2n) is 7.75. The van der Waals surface area contributed by atoms with Gasteiger partial charge in [-0.2, -0.15) is 0 Å². The molecule has 0 saturated carbocycles. The molecule has 2 amide bonds. The zero-order valence-electron chi connectivity index (χ0n) is 20.6. The summed E-state index contributed by atoms with van der Waals surface area (Å²) in [6.45, 7) is 1.75. The second kappa shape index (κ2) is 14.9. The number of carbonyl (C=O) groups is 2. The fourth-order valence-corrected chi connectivity index (χ4v) is 4.95. The van der Waals surface area contributed by atoms with Crippen LogP contribution < -0.4 is 15.0 Å². The molecule has 0 radical (unpaired) electrons. The lowest BCUT2D eigenvalue weighted by Gasteiger charge is -2.21. The summed E-state index contributed by atoms with van der Waals surface area (Å²) in [5, 5.41) is 3.76. The number of thioether (sulfide) groups is 1. The Labute approximate surface area is 260 Å². The number of nitrogens with zero attached hydrogens (tertiary/aromatic N) is 5. The molecule has 4 aromatic rings. The monoisotopic (exact) mass is 694 g/mol. The minimum absolute atomic E-state index is 0. The van der Waals surface area contributed by atoms with Crippen LogP contribution in [0.1, 0.15) is 11.3 Å². The zero-order chi connectivity index (χ0) is 26.5. The Hall–Kier alpha value is -2.28. The molecule has 0 unspecified atom stereocenters. The number of anilines is 1. The van der Waals surface area contributed by atoms with Crippen molar-refractivity contribution < 1.29 is 14.3 Å². The lowest BCUT2D eigenvalue weighted by molar-refractivity contribution is -0.123. The average molecular weight is 697 g/mol. The average Bonchev–Trinajstić information content (AvgIpc) is 3.20. The van der Waals surface area contributed by atoms with Crippen molar-refractivity contribution in [3.05, 3.63) is 74.8 Å². The molecule has 15 heteroatoms. The number of aryl methyl sites for hydroxylation is 1. The van der Waals surface area contributed by atoms with Gasteiger partial charge in [0.2, 0.25) is 11.8 Å². The quantitative estimate of drug-likeness (QED) is 0.175. The Balaban J connectivity index is 0.00000267. The van der Waals surface area contributed by atoms with Crippen molar-refractivity contribution >= 4 is 98.9 Å². The third-order valence-electron chi connectivity index (χ3n) is 5.30. The number of halogens is 5. The largest absolute Gasteiger partial charge is 0.485 e. The number of aromatic nitrogens is 4. The number of pyridine rings is 1. The van der Waals surface area contributed by atoms with Gasteiger partial charge in [0.05, 0.1) is 28.7 Å². The number of ether oxygens (including phenoxy) is 1. The summed E-state index contributed by atoms with van der Waals surface area (Å²) in [7, 11) is 1.58. The first-order valence-corrected chi connectivity index (χ1v) is 13.5. The first kappa shape index (κ1) is 32.9. The number of nitrogens with one attached hydrogen (secondary N) is 1. The number of carbonyl (C=O) groups excluding carboxylic acids is 2. The minimum Gasteiger partial charge on any atom is -0.485 e. The van der Waals surface area contributed by atoms with E-state index in [9.17, 15) is 9.59 Å². The van der Waals surface area contributed by atoms with E-state index in [2.05, 4.69) is 36.2 Å². The van der Waals surface area contributed by atoms with Crippen molar-refractivity contribution in [2.24, 2.45) is 0 Å². The fourth-order valence-electron chi connectivity index (χ4n) is 3.33.